The van der Waals surface area contributed by atoms with Crippen molar-refractivity contribution in [3.8, 4) is 11.5 Å². The van der Waals surface area contributed by atoms with E-state index in [4.69, 9.17) is 44.3 Å². The molecule has 0 saturated heterocycles. The van der Waals surface area contributed by atoms with Gasteiger partial charge in [-0.1, -0.05) is 50.4 Å². The molecule has 2 atom stereocenters. The molecule has 0 aliphatic rings. The van der Waals surface area contributed by atoms with Gasteiger partial charge in [-0.2, -0.15) is 0 Å². The number of alkyl halides is 1. The van der Waals surface area contributed by atoms with Crippen molar-refractivity contribution in [1.82, 2.24) is 0 Å². The van der Waals surface area contributed by atoms with Crippen LogP contribution in [0.3, 0.4) is 0 Å². The molecule has 0 spiro atoms. The largest absolute Gasteiger partial charge is 0.493 e. The van der Waals surface area contributed by atoms with Crippen LogP contribution < -0.4 is 9.47 Å². The van der Waals surface area contributed by atoms with E-state index in [1.807, 2.05) is 6.92 Å². The Labute approximate surface area is 188 Å². The molecule has 0 aliphatic carbocycles. The van der Waals surface area contributed by atoms with E-state index >= 15 is 0 Å². The highest BCUT2D eigenvalue weighted by molar-refractivity contribution is 7.91. The fourth-order valence-corrected chi connectivity index (χ4v) is 4.43. The second-order valence-electron chi connectivity index (χ2n) is 7.09. The number of sulfone groups is 1. The predicted molar refractivity (Wildman–Crippen MR) is 119 cm³/mol. The van der Waals surface area contributed by atoms with Gasteiger partial charge in [0.25, 0.3) is 0 Å². The average Bonchev–Trinajstić information content (AvgIpc) is 2.71. The lowest BCUT2D eigenvalue weighted by molar-refractivity contribution is 0.256. The first kappa shape index (κ1) is 24.1. The summed E-state index contributed by atoms with van der Waals surface area (Å²) in [5.41, 5.74) is 0. The smallest absolute Gasteiger partial charge is 0.206 e. The van der Waals surface area contributed by atoms with E-state index in [1.165, 1.54) is 24.3 Å². The van der Waals surface area contributed by atoms with Crippen LogP contribution in [0.1, 0.15) is 27.2 Å². The molecule has 0 radical (unpaired) electrons. The van der Waals surface area contributed by atoms with Gasteiger partial charge < -0.3 is 9.47 Å². The molecule has 2 rings (SSSR count). The van der Waals surface area contributed by atoms with Crippen molar-refractivity contribution < 1.29 is 17.9 Å². The zero-order chi connectivity index (χ0) is 21.6. The molecule has 29 heavy (non-hydrogen) atoms. The first-order valence-electron chi connectivity index (χ1n) is 9.34. The van der Waals surface area contributed by atoms with Crippen LogP contribution in [0.15, 0.2) is 46.2 Å². The third-order valence-electron chi connectivity index (χ3n) is 4.42. The lowest BCUT2D eigenvalue weighted by atomic mass is 10.1. The van der Waals surface area contributed by atoms with E-state index in [0.717, 1.165) is 6.42 Å². The molecule has 0 bridgehead atoms. The number of hydrogen-bond acceptors (Lipinski definition) is 4. The predicted octanol–water partition coefficient (Wildman–Crippen LogP) is 6.50. The first-order chi connectivity index (χ1) is 13.7. The summed E-state index contributed by atoms with van der Waals surface area (Å²) in [5.74, 6) is 1.83. The maximum absolute atomic E-state index is 13.0. The Kier molecular flexibility index (Phi) is 8.95. The highest BCUT2D eigenvalue weighted by Crippen LogP contribution is 2.37. The molecule has 160 valence electrons. The van der Waals surface area contributed by atoms with E-state index < -0.39 is 9.84 Å². The average molecular weight is 480 g/mol. The fraction of sp³-hybridized carbons (Fsp3) is 0.429. The van der Waals surface area contributed by atoms with Crippen LogP contribution in [0, 0.1) is 11.8 Å². The summed E-state index contributed by atoms with van der Waals surface area (Å²) < 4.78 is 37.2. The number of halogens is 3. The fourth-order valence-electron chi connectivity index (χ4n) is 2.31. The number of benzene rings is 2. The minimum absolute atomic E-state index is 0.00137. The van der Waals surface area contributed by atoms with E-state index in [1.54, 1.807) is 12.1 Å². The van der Waals surface area contributed by atoms with Crippen molar-refractivity contribution in [2.24, 2.45) is 11.8 Å². The van der Waals surface area contributed by atoms with Crippen LogP contribution in [0.25, 0.3) is 0 Å². The van der Waals surface area contributed by atoms with Crippen molar-refractivity contribution in [3.63, 3.8) is 0 Å². The Bertz CT molecular complexity index is 891. The monoisotopic (exact) mass is 478 g/mol. The van der Waals surface area contributed by atoms with Crippen LogP contribution in [0.4, 0.5) is 0 Å². The summed E-state index contributed by atoms with van der Waals surface area (Å²) in [5, 5.41) is 0.262. The molecular formula is C21H25Cl3O4S. The summed E-state index contributed by atoms with van der Waals surface area (Å²) >= 11 is 18.2. The second kappa shape index (κ2) is 10.8. The highest BCUT2D eigenvalue weighted by Gasteiger charge is 2.22. The third kappa shape index (κ3) is 6.42. The summed E-state index contributed by atoms with van der Waals surface area (Å²) in [7, 11) is -3.79. The summed E-state index contributed by atoms with van der Waals surface area (Å²) in [6, 6.07) is 8.99. The van der Waals surface area contributed by atoms with Gasteiger partial charge in [0.1, 0.15) is 5.75 Å². The van der Waals surface area contributed by atoms with Gasteiger partial charge in [0.05, 0.1) is 33.0 Å². The minimum atomic E-state index is -3.79. The van der Waals surface area contributed by atoms with E-state index in [9.17, 15) is 8.42 Å². The molecule has 0 aromatic heterocycles. The summed E-state index contributed by atoms with van der Waals surface area (Å²) in [4.78, 5) is 0.128. The van der Waals surface area contributed by atoms with Gasteiger partial charge in [-0.25, -0.2) is 8.42 Å². The van der Waals surface area contributed by atoms with Gasteiger partial charge in [0.2, 0.25) is 9.84 Å². The standard InChI is InChI=1S/C21H25Cl3O4S/c1-4-14(2)12-27-16-5-7-17(8-6-16)29(25,26)18-9-19(23)21(20(24)10-18)28-13-15(3)11-22/h5-10,14-15H,4,11-13H2,1-3H3/t14-,15+/m0/s1. The van der Waals surface area contributed by atoms with E-state index in [0.29, 0.717) is 30.8 Å². The topological polar surface area (TPSA) is 52.6 Å². The molecule has 8 heteroatoms. The molecule has 4 nitrogen and oxygen atoms in total. The Morgan fingerprint density at radius 2 is 1.45 bits per heavy atom. The quantitative estimate of drug-likeness (QED) is 0.365. The molecule has 0 unspecified atom stereocenters. The highest BCUT2D eigenvalue weighted by atomic mass is 35.5. The van der Waals surface area contributed by atoms with Crippen LogP contribution in [0.5, 0.6) is 11.5 Å². The normalized spacial score (nSPS) is 13.7. The summed E-state index contributed by atoms with van der Waals surface area (Å²) in [6.07, 6.45) is 1.01. The van der Waals surface area contributed by atoms with Crippen molar-refractivity contribution in [2.45, 2.75) is 37.0 Å². The first-order valence-corrected chi connectivity index (χ1v) is 12.1. The van der Waals surface area contributed by atoms with Gasteiger partial charge in [0.15, 0.2) is 5.75 Å². The Morgan fingerprint density at radius 1 is 0.897 bits per heavy atom. The van der Waals surface area contributed by atoms with Crippen molar-refractivity contribution in [3.05, 3.63) is 46.4 Å². The Morgan fingerprint density at radius 3 is 1.97 bits per heavy atom. The second-order valence-corrected chi connectivity index (χ2v) is 10.2. The van der Waals surface area contributed by atoms with Gasteiger partial charge in [0, 0.05) is 11.8 Å². The van der Waals surface area contributed by atoms with Crippen LogP contribution in [-0.4, -0.2) is 27.5 Å². The van der Waals surface area contributed by atoms with Crippen LogP contribution >= 0.6 is 34.8 Å². The molecule has 0 aliphatic heterocycles. The molecule has 0 N–H and O–H groups in total. The molecule has 0 saturated carbocycles. The number of rotatable bonds is 10. The van der Waals surface area contributed by atoms with Gasteiger partial charge in [-0.3, -0.25) is 0 Å². The SMILES string of the molecule is CC[C@H](C)COc1ccc(S(=O)(=O)c2cc(Cl)c(OC[C@H](C)CCl)c(Cl)c2)cc1. The zero-order valence-corrected chi connectivity index (χ0v) is 19.7. The molecule has 2 aromatic rings. The minimum Gasteiger partial charge on any atom is -0.493 e. The Balaban J connectivity index is 2.22. The number of ether oxygens (including phenoxy) is 2. The van der Waals surface area contributed by atoms with E-state index in [2.05, 4.69) is 13.8 Å². The lowest BCUT2D eigenvalue weighted by Gasteiger charge is -2.15. The van der Waals surface area contributed by atoms with Crippen molar-refractivity contribution in [1.29, 1.82) is 0 Å². The summed E-state index contributed by atoms with van der Waals surface area (Å²) in [6.45, 7) is 7.01. The van der Waals surface area contributed by atoms with Gasteiger partial charge >= 0.3 is 0 Å². The molecule has 0 fully saturated rings. The van der Waals surface area contributed by atoms with Crippen molar-refractivity contribution >= 4 is 44.6 Å². The molecular weight excluding hydrogens is 455 g/mol. The Hall–Kier alpha value is -1.14. The maximum atomic E-state index is 13.0. The number of hydrogen-bond donors (Lipinski definition) is 0. The van der Waals surface area contributed by atoms with Crippen molar-refractivity contribution in [2.75, 3.05) is 19.1 Å². The van der Waals surface area contributed by atoms with Crippen LogP contribution in [-0.2, 0) is 9.84 Å². The van der Waals surface area contributed by atoms with Gasteiger partial charge in [-0.15, -0.1) is 11.6 Å². The lowest BCUT2D eigenvalue weighted by Crippen LogP contribution is -2.10. The zero-order valence-electron chi connectivity index (χ0n) is 16.6. The molecule has 0 amide bonds. The van der Waals surface area contributed by atoms with Gasteiger partial charge in [-0.05, 0) is 42.3 Å². The van der Waals surface area contributed by atoms with E-state index in [-0.39, 0.29) is 31.5 Å². The van der Waals surface area contributed by atoms with Crippen LogP contribution in [0.2, 0.25) is 10.0 Å². The molecule has 0 heterocycles. The third-order valence-corrected chi connectivity index (χ3v) is 7.26. The maximum Gasteiger partial charge on any atom is 0.206 e. The molecule has 2 aromatic carbocycles.